The van der Waals surface area contributed by atoms with Crippen molar-refractivity contribution in [3.63, 3.8) is 0 Å². The van der Waals surface area contributed by atoms with Crippen LogP contribution < -0.4 is 10.6 Å². The smallest absolute Gasteiger partial charge is 0.270 e. The molecule has 2 heterocycles. The standard InChI is InChI=1S/C13H17N3O2S/c1-9-4-5-11(18-9)13-16-10(8-19-13)12(17)15-7-3-6-14-2/h4-5,8,14H,3,6-7H2,1-2H3,(H,15,17). The van der Waals surface area contributed by atoms with Gasteiger partial charge in [-0.15, -0.1) is 11.3 Å². The first kappa shape index (κ1) is 13.8. The lowest BCUT2D eigenvalue weighted by molar-refractivity contribution is 0.0949. The van der Waals surface area contributed by atoms with E-state index in [1.165, 1.54) is 11.3 Å². The van der Waals surface area contributed by atoms with Crippen LogP contribution in [0.3, 0.4) is 0 Å². The van der Waals surface area contributed by atoms with E-state index in [4.69, 9.17) is 4.42 Å². The summed E-state index contributed by atoms with van der Waals surface area (Å²) in [6.07, 6.45) is 0.899. The van der Waals surface area contributed by atoms with E-state index in [1.807, 2.05) is 26.1 Å². The van der Waals surface area contributed by atoms with Crippen LogP contribution in [-0.2, 0) is 0 Å². The predicted octanol–water partition coefficient (Wildman–Crippen LogP) is 2.05. The van der Waals surface area contributed by atoms with Crippen molar-refractivity contribution in [2.45, 2.75) is 13.3 Å². The molecule has 0 saturated carbocycles. The molecule has 2 aromatic rings. The summed E-state index contributed by atoms with van der Waals surface area (Å²) in [5.74, 6) is 1.40. The molecule has 1 amide bonds. The van der Waals surface area contributed by atoms with Gasteiger partial charge in [0, 0.05) is 11.9 Å². The Bertz CT molecular complexity index is 548. The zero-order valence-corrected chi connectivity index (χ0v) is 11.8. The van der Waals surface area contributed by atoms with E-state index >= 15 is 0 Å². The molecule has 102 valence electrons. The van der Waals surface area contributed by atoms with Gasteiger partial charge < -0.3 is 15.1 Å². The van der Waals surface area contributed by atoms with Crippen molar-refractivity contribution in [3.05, 3.63) is 29.0 Å². The topological polar surface area (TPSA) is 67.2 Å². The lowest BCUT2D eigenvalue weighted by Crippen LogP contribution is -2.26. The number of hydrogen-bond donors (Lipinski definition) is 2. The van der Waals surface area contributed by atoms with Crippen molar-refractivity contribution in [1.82, 2.24) is 15.6 Å². The molecule has 2 N–H and O–H groups in total. The fraction of sp³-hybridized carbons (Fsp3) is 0.385. The Morgan fingerprint density at radius 2 is 2.26 bits per heavy atom. The molecule has 0 aliphatic rings. The van der Waals surface area contributed by atoms with E-state index in [-0.39, 0.29) is 5.91 Å². The van der Waals surface area contributed by atoms with Gasteiger partial charge in [-0.3, -0.25) is 4.79 Å². The van der Waals surface area contributed by atoms with Gasteiger partial charge in [0.2, 0.25) is 0 Å². The summed E-state index contributed by atoms with van der Waals surface area (Å²) >= 11 is 1.41. The fourth-order valence-electron chi connectivity index (χ4n) is 1.60. The SMILES string of the molecule is CNCCCNC(=O)c1csc(-c2ccc(C)o2)n1. The second-order valence-electron chi connectivity index (χ2n) is 4.16. The second-order valence-corrected chi connectivity index (χ2v) is 5.02. The van der Waals surface area contributed by atoms with Gasteiger partial charge in [0.25, 0.3) is 5.91 Å². The Hall–Kier alpha value is -1.66. The molecule has 0 bridgehead atoms. The maximum atomic E-state index is 11.8. The quantitative estimate of drug-likeness (QED) is 0.794. The molecule has 5 nitrogen and oxygen atoms in total. The Morgan fingerprint density at radius 3 is 2.95 bits per heavy atom. The number of rotatable bonds is 6. The number of nitrogens with zero attached hydrogens (tertiary/aromatic N) is 1. The third-order valence-electron chi connectivity index (χ3n) is 2.58. The van der Waals surface area contributed by atoms with E-state index in [1.54, 1.807) is 5.38 Å². The summed E-state index contributed by atoms with van der Waals surface area (Å²) in [5, 5.41) is 8.35. The molecule has 0 atom stereocenters. The minimum atomic E-state index is -0.137. The average Bonchev–Trinajstić information content (AvgIpc) is 3.02. The second kappa shape index (κ2) is 6.49. The maximum absolute atomic E-state index is 11.8. The van der Waals surface area contributed by atoms with Gasteiger partial charge in [0.05, 0.1) is 0 Å². The lowest BCUT2D eigenvalue weighted by atomic mass is 10.4. The summed E-state index contributed by atoms with van der Waals surface area (Å²) in [6.45, 7) is 3.41. The van der Waals surface area contributed by atoms with E-state index in [0.29, 0.717) is 18.0 Å². The number of nitrogens with one attached hydrogen (secondary N) is 2. The number of hydrogen-bond acceptors (Lipinski definition) is 5. The molecule has 0 fully saturated rings. The average molecular weight is 279 g/mol. The molecule has 2 aromatic heterocycles. The molecule has 0 spiro atoms. The highest BCUT2D eigenvalue weighted by molar-refractivity contribution is 7.13. The zero-order valence-electron chi connectivity index (χ0n) is 11.0. The number of aromatic nitrogens is 1. The summed E-state index contributed by atoms with van der Waals surface area (Å²) < 4.78 is 5.48. The van der Waals surface area contributed by atoms with Crippen molar-refractivity contribution >= 4 is 17.2 Å². The van der Waals surface area contributed by atoms with Crippen LogP contribution in [0.4, 0.5) is 0 Å². The molecule has 2 rings (SSSR count). The fourth-order valence-corrected chi connectivity index (χ4v) is 2.36. The van der Waals surface area contributed by atoms with Gasteiger partial charge in [-0.1, -0.05) is 0 Å². The summed E-state index contributed by atoms with van der Waals surface area (Å²) in [7, 11) is 1.89. The zero-order chi connectivity index (χ0) is 13.7. The molecule has 0 aliphatic carbocycles. The largest absolute Gasteiger partial charge is 0.459 e. The maximum Gasteiger partial charge on any atom is 0.270 e. The highest BCUT2D eigenvalue weighted by atomic mass is 32.1. The Kier molecular flexibility index (Phi) is 4.70. The highest BCUT2D eigenvalue weighted by Crippen LogP contribution is 2.25. The van der Waals surface area contributed by atoms with E-state index in [2.05, 4.69) is 15.6 Å². The number of amides is 1. The van der Waals surface area contributed by atoms with Gasteiger partial charge in [-0.05, 0) is 39.1 Å². The third kappa shape index (κ3) is 3.65. The van der Waals surface area contributed by atoms with Gasteiger partial charge in [0.1, 0.15) is 11.5 Å². The molecule has 0 unspecified atom stereocenters. The van der Waals surface area contributed by atoms with Crippen LogP contribution in [0.25, 0.3) is 10.8 Å². The first-order chi connectivity index (χ1) is 9.20. The molecule has 0 aliphatic heterocycles. The van der Waals surface area contributed by atoms with Crippen molar-refractivity contribution in [1.29, 1.82) is 0 Å². The number of carbonyl (C=O) groups excluding carboxylic acids is 1. The molecule has 0 radical (unpaired) electrons. The number of carbonyl (C=O) groups is 1. The van der Waals surface area contributed by atoms with Gasteiger partial charge in [-0.25, -0.2) is 4.98 Å². The van der Waals surface area contributed by atoms with Crippen LogP contribution >= 0.6 is 11.3 Å². The number of furan rings is 1. The van der Waals surface area contributed by atoms with Crippen LogP contribution in [0.1, 0.15) is 22.7 Å². The van der Waals surface area contributed by atoms with Crippen molar-refractivity contribution in [2.24, 2.45) is 0 Å². The van der Waals surface area contributed by atoms with Crippen LogP contribution in [0.5, 0.6) is 0 Å². The van der Waals surface area contributed by atoms with E-state index in [0.717, 1.165) is 23.7 Å². The molecule has 19 heavy (non-hydrogen) atoms. The van der Waals surface area contributed by atoms with E-state index < -0.39 is 0 Å². The van der Waals surface area contributed by atoms with Gasteiger partial charge in [0.15, 0.2) is 10.8 Å². The minimum absolute atomic E-state index is 0.137. The van der Waals surface area contributed by atoms with Crippen LogP contribution in [0, 0.1) is 6.92 Å². The van der Waals surface area contributed by atoms with Crippen LogP contribution in [0.15, 0.2) is 21.9 Å². The molecule has 0 saturated heterocycles. The van der Waals surface area contributed by atoms with Gasteiger partial charge >= 0.3 is 0 Å². The Morgan fingerprint density at radius 1 is 1.42 bits per heavy atom. The van der Waals surface area contributed by atoms with Crippen molar-refractivity contribution in [2.75, 3.05) is 20.1 Å². The molecular formula is C13H17N3O2S. The monoisotopic (exact) mass is 279 g/mol. The van der Waals surface area contributed by atoms with E-state index in [9.17, 15) is 4.79 Å². The summed E-state index contributed by atoms with van der Waals surface area (Å²) in [5.41, 5.74) is 0.443. The van der Waals surface area contributed by atoms with Gasteiger partial charge in [-0.2, -0.15) is 0 Å². The predicted molar refractivity (Wildman–Crippen MR) is 75.4 cm³/mol. The van der Waals surface area contributed by atoms with Crippen LogP contribution in [-0.4, -0.2) is 31.0 Å². The molecule has 0 aromatic carbocycles. The molecule has 6 heteroatoms. The molecular weight excluding hydrogens is 262 g/mol. The van der Waals surface area contributed by atoms with Crippen molar-refractivity contribution < 1.29 is 9.21 Å². The summed E-state index contributed by atoms with van der Waals surface area (Å²) in [4.78, 5) is 16.1. The summed E-state index contributed by atoms with van der Waals surface area (Å²) in [6, 6.07) is 3.75. The highest BCUT2D eigenvalue weighted by Gasteiger charge is 2.13. The Balaban J connectivity index is 1.95. The normalized spacial score (nSPS) is 10.6. The third-order valence-corrected chi connectivity index (χ3v) is 3.43. The number of thiazole rings is 1. The first-order valence-electron chi connectivity index (χ1n) is 6.16. The van der Waals surface area contributed by atoms with Crippen LogP contribution in [0.2, 0.25) is 0 Å². The Labute approximate surface area is 116 Å². The minimum Gasteiger partial charge on any atom is -0.459 e. The number of aryl methyl sites for hydroxylation is 1. The van der Waals surface area contributed by atoms with Crippen molar-refractivity contribution in [3.8, 4) is 10.8 Å². The first-order valence-corrected chi connectivity index (χ1v) is 7.04. The lowest BCUT2D eigenvalue weighted by Gasteiger charge is -2.02.